The number of hydrogen-bond donors (Lipinski definition) is 1. The molecule has 0 aliphatic carbocycles. The van der Waals surface area contributed by atoms with E-state index in [9.17, 15) is 9.59 Å². The third-order valence-corrected chi connectivity index (χ3v) is 4.22. The van der Waals surface area contributed by atoms with Gasteiger partial charge in [-0.3, -0.25) is 9.59 Å². The van der Waals surface area contributed by atoms with E-state index in [2.05, 4.69) is 5.32 Å². The maximum absolute atomic E-state index is 12.4. The molecule has 0 aliphatic heterocycles. The number of rotatable bonds is 8. The lowest BCUT2D eigenvalue weighted by Gasteiger charge is -2.19. The minimum absolute atomic E-state index is 0.0255. The normalized spacial score (nSPS) is 10.3. The van der Waals surface area contributed by atoms with Crippen molar-refractivity contribution in [3.8, 4) is 5.75 Å². The number of carbonyl (C=O) groups excluding carboxylic acids is 2. The van der Waals surface area contributed by atoms with Crippen LogP contribution in [0.5, 0.6) is 5.75 Å². The van der Waals surface area contributed by atoms with Crippen LogP contribution < -0.4 is 10.1 Å². The van der Waals surface area contributed by atoms with E-state index in [1.54, 1.807) is 36.3 Å². The van der Waals surface area contributed by atoms with Gasteiger partial charge in [0.25, 0.3) is 5.91 Å². The van der Waals surface area contributed by atoms with Crippen LogP contribution in [0.25, 0.3) is 0 Å². The van der Waals surface area contributed by atoms with Gasteiger partial charge in [-0.1, -0.05) is 18.2 Å². The summed E-state index contributed by atoms with van der Waals surface area (Å²) < 4.78 is 5.19. The van der Waals surface area contributed by atoms with Crippen LogP contribution in [-0.2, 0) is 11.2 Å². The van der Waals surface area contributed by atoms with Crippen molar-refractivity contribution in [2.75, 3.05) is 25.5 Å². The van der Waals surface area contributed by atoms with Gasteiger partial charge in [0, 0.05) is 30.8 Å². The van der Waals surface area contributed by atoms with Crippen LogP contribution in [0, 0.1) is 0 Å². The molecule has 0 radical (unpaired) electrons. The van der Waals surface area contributed by atoms with E-state index >= 15 is 0 Å². The fourth-order valence-corrected chi connectivity index (χ4v) is 2.73. The fraction of sp³-hybridized carbons (Fsp3) is 0.333. The fourth-order valence-electron chi connectivity index (χ4n) is 2.73. The van der Waals surface area contributed by atoms with Gasteiger partial charge in [-0.2, -0.15) is 0 Å². The number of amides is 2. The molecule has 5 nitrogen and oxygen atoms in total. The number of carbonyl (C=O) groups is 2. The summed E-state index contributed by atoms with van der Waals surface area (Å²) in [6.45, 7) is 5.22. The molecule has 0 aromatic heterocycles. The van der Waals surface area contributed by atoms with Crippen molar-refractivity contribution < 1.29 is 14.3 Å². The van der Waals surface area contributed by atoms with E-state index < -0.39 is 0 Å². The van der Waals surface area contributed by atoms with Crippen molar-refractivity contribution in [3.63, 3.8) is 0 Å². The van der Waals surface area contributed by atoms with Crippen LogP contribution in [0.4, 0.5) is 5.69 Å². The summed E-state index contributed by atoms with van der Waals surface area (Å²) in [6.07, 6.45) is 0.989. The summed E-state index contributed by atoms with van der Waals surface area (Å²) in [5.74, 6) is 0.674. The lowest BCUT2D eigenvalue weighted by molar-refractivity contribution is -0.116. The van der Waals surface area contributed by atoms with Crippen LogP contribution in [0.3, 0.4) is 0 Å². The molecule has 1 N–H and O–H groups in total. The quantitative estimate of drug-likeness (QED) is 0.785. The molecule has 0 saturated carbocycles. The minimum Gasteiger partial charge on any atom is -0.497 e. The van der Waals surface area contributed by atoms with Crippen molar-refractivity contribution in [3.05, 3.63) is 59.7 Å². The molecule has 0 unspecified atom stereocenters. The van der Waals surface area contributed by atoms with E-state index in [-0.39, 0.29) is 11.8 Å². The van der Waals surface area contributed by atoms with Crippen LogP contribution in [-0.4, -0.2) is 36.9 Å². The molecule has 2 amide bonds. The van der Waals surface area contributed by atoms with Gasteiger partial charge in [0.2, 0.25) is 5.91 Å². The Morgan fingerprint density at radius 1 is 1.04 bits per heavy atom. The Bertz CT molecular complexity index is 754. The number of anilines is 1. The van der Waals surface area contributed by atoms with E-state index in [4.69, 9.17) is 4.74 Å². The van der Waals surface area contributed by atoms with E-state index in [0.29, 0.717) is 37.2 Å². The van der Waals surface area contributed by atoms with Gasteiger partial charge < -0.3 is 15.0 Å². The van der Waals surface area contributed by atoms with Crippen LogP contribution in [0.2, 0.25) is 0 Å². The summed E-state index contributed by atoms with van der Waals surface area (Å²) in [6, 6.07) is 14.8. The highest BCUT2D eigenvalue weighted by molar-refractivity contribution is 5.97. The number of methoxy groups -OCH3 is 1. The number of ether oxygens (including phenoxy) is 1. The summed E-state index contributed by atoms with van der Waals surface area (Å²) in [7, 11) is 1.62. The van der Waals surface area contributed by atoms with Gasteiger partial charge in [0.15, 0.2) is 0 Å². The van der Waals surface area contributed by atoms with Crippen molar-refractivity contribution in [2.45, 2.75) is 26.7 Å². The molecule has 0 saturated heterocycles. The van der Waals surface area contributed by atoms with Crippen LogP contribution >= 0.6 is 0 Å². The first-order valence-corrected chi connectivity index (χ1v) is 8.89. The van der Waals surface area contributed by atoms with Gasteiger partial charge in [-0.05, 0) is 56.2 Å². The molecule has 2 aromatic rings. The molecule has 0 aliphatic rings. The summed E-state index contributed by atoms with van der Waals surface area (Å²) >= 11 is 0. The molecule has 0 bridgehead atoms. The molecule has 26 heavy (non-hydrogen) atoms. The SMILES string of the molecule is CCN(CC)C(=O)c1cccc(NC(=O)CCc2cccc(OC)c2)c1. The maximum atomic E-state index is 12.4. The Labute approximate surface area is 155 Å². The number of benzene rings is 2. The lowest BCUT2D eigenvalue weighted by Crippen LogP contribution is -2.30. The number of nitrogens with one attached hydrogen (secondary N) is 1. The third-order valence-electron chi connectivity index (χ3n) is 4.22. The predicted octanol–water partition coefficient (Wildman–Crippen LogP) is 3.75. The molecule has 5 heteroatoms. The molecular formula is C21H26N2O3. The zero-order chi connectivity index (χ0) is 18.9. The monoisotopic (exact) mass is 354 g/mol. The standard InChI is InChI=1S/C21H26N2O3/c1-4-23(5-2)21(25)17-9-7-10-18(15-17)22-20(24)13-12-16-8-6-11-19(14-16)26-3/h6-11,14-15H,4-5,12-13H2,1-3H3,(H,22,24). The van der Waals surface area contributed by atoms with E-state index in [0.717, 1.165) is 11.3 Å². The highest BCUT2D eigenvalue weighted by Gasteiger charge is 2.13. The zero-order valence-electron chi connectivity index (χ0n) is 15.6. The van der Waals surface area contributed by atoms with Crippen molar-refractivity contribution >= 4 is 17.5 Å². The predicted molar refractivity (Wildman–Crippen MR) is 104 cm³/mol. The van der Waals surface area contributed by atoms with Crippen LogP contribution in [0.15, 0.2) is 48.5 Å². The van der Waals surface area contributed by atoms with Gasteiger partial charge in [0.05, 0.1) is 7.11 Å². The van der Waals surface area contributed by atoms with Crippen LogP contribution in [0.1, 0.15) is 36.2 Å². The summed E-state index contributed by atoms with van der Waals surface area (Å²) in [5, 5.41) is 2.87. The average Bonchev–Trinajstić information content (AvgIpc) is 2.67. The second kappa shape index (κ2) is 9.61. The third kappa shape index (κ3) is 5.34. The molecule has 0 fully saturated rings. The Morgan fingerprint density at radius 2 is 1.77 bits per heavy atom. The largest absolute Gasteiger partial charge is 0.497 e. The second-order valence-corrected chi connectivity index (χ2v) is 5.96. The average molecular weight is 354 g/mol. The molecular weight excluding hydrogens is 328 g/mol. The molecule has 2 rings (SSSR count). The molecule has 0 heterocycles. The number of nitrogens with zero attached hydrogens (tertiary/aromatic N) is 1. The summed E-state index contributed by atoms with van der Waals surface area (Å²) in [5.41, 5.74) is 2.27. The van der Waals surface area contributed by atoms with E-state index in [1.807, 2.05) is 38.1 Å². The Morgan fingerprint density at radius 3 is 2.46 bits per heavy atom. The Hall–Kier alpha value is -2.82. The van der Waals surface area contributed by atoms with Crippen molar-refractivity contribution in [2.24, 2.45) is 0 Å². The molecule has 0 spiro atoms. The number of hydrogen-bond acceptors (Lipinski definition) is 3. The number of aryl methyl sites for hydroxylation is 1. The highest BCUT2D eigenvalue weighted by atomic mass is 16.5. The highest BCUT2D eigenvalue weighted by Crippen LogP contribution is 2.16. The lowest BCUT2D eigenvalue weighted by atomic mass is 10.1. The van der Waals surface area contributed by atoms with Crippen molar-refractivity contribution in [1.82, 2.24) is 4.90 Å². The maximum Gasteiger partial charge on any atom is 0.253 e. The topological polar surface area (TPSA) is 58.6 Å². The Balaban J connectivity index is 1.96. The zero-order valence-corrected chi connectivity index (χ0v) is 15.6. The van der Waals surface area contributed by atoms with Crippen molar-refractivity contribution in [1.29, 1.82) is 0 Å². The Kier molecular flexibility index (Phi) is 7.21. The summed E-state index contributed by atoms with van der Waals surface area (Å²) in [4.78, 5) is 26.4. The first-order chi connectivity index (χ1) is 12.6. The van der Waals surface area contributed by atoms with Gasteiger partial charge >= 0.3 is 0 Å². The minimum atomic E-state index is -0.0831. The second-order valence-electron chi connectivity index (χ2n) is 5.96. The van der Waals surface area contributed by atoms with E-state index in [1.165, 1.54) is 0 Å². The first-order valence-electron chi connectivity index (χ1n) is 8.89. The van der Waals surface area contributed by atoms with Gasteiger partial charge in [-0.25, -0.2) is 0 Å². The molecule has 2 aromatic carbocycles. The van der Waals surface area contributed by atoms with Gasteiger partial charge in [-0.15, -0.1) is 0 Å². The van der Waals surface area contributed by atoms with Gasteiger partial charge in [0.1, 0.15) is 5.75 Å². The smallest absolute Gasteiger partial charge is 0.253 e. The first kappa shape index (κ1) is 19.5. The molecule has 138 valence electrons. The molecule has 0 atom stereocenters.